The van der Waals surface area contributed by atoms with E-state index in [1.807, 2.05) is 0 Å². The highest BCUT2D eigenvalue weighted by atomic mass is 35.5. The molecule has 2 rings (SSSR count). The summed E-state index contributed by atoms with van der Waals surface area (Å²) in [5.74, 6) is 1.42. The van der Waals surface area contributed by atoms with Crippen molar-refractivity contribution >= 4 is 23.2 Å². The summed E-state index contributed by atoms with van der Waals surface area (Å²) in [6.07, 6.45) is 7.41. The quantitative estimate of drug-likeness (QED) is 0.256. The van der Waals surface area contributed by atoms with Crippen LogP contribution in [0.25, 0.3) is 0 Å². The van der Waals surface area contributed by atoms with Gasteiger partial charge >= 0.3 is 0 Å². The van der Waals surface area contributed by atoms with Crippen molar-refractivity contribution < 1.29 is 0 Å². The number of hydrogen-bond acceptors (Lipinski definition) is 0. The van der Waals surface area contributed by atoms with Gasteiger partial charge in [0, 0.05) is 22.6 Å². The molecule has 0 aliphatic heterocycles. The Bertz CT molecular complexity index is 630. The van der Waals surface area contributed by atoms with E-state index in [0.717, 1.165) is 0 Å². The summed E-state index contributed by atoms with van der Waals surface area (Å²) in [5, 5.41) is 0. The van der Waals surface area contributed by atoms with Gasteiger partial charge in [-0.05, 0) is 90.5 Å². The first-order valence-corrected chi connectivity index (χ1v) is 12.0. The Morgan fingerprint density at radius 1 is 0.464 bits per heavy atom. The minimum Gasteiger partial charge on any atom is -0.125 e. The van der Waals surface area contributed by atoms with Crippen LogP contribution in [0.3, 0.4) is 0 Å². The van der Waals surface area contributed by atoms with Crippen molar-refractivity contribution in [2.75, 3.05) is 11.8 Å². The van der Waals surface area contributed by atoms with E-state index >= 15 is 0 Å². The maximum absolute atomic E-state index is 6.51. The minimum absolute atomic E-state index is 0.103. The lowest BCUT2D eigenvalue weighted by molar-refractivity contribution is 0.396. The molecule has 0 atom stereocenters. The molecule has 28 heavy (non-hydrogen) atoms. The van der Waals surface area contributed by atoms with Crippen LogP contribution in [0, 0.1) is 10.8 Å². The van der Waals surface area contributed by atoms with Gasteiger partial charge in [-0.15, -0.1) is 23.2 Å². The normalized spacial score (nSPS) is 21.6. The largest absolute Gasteiger partial charge is 0.125 e. The second-order valence-corrected chi connectivity index (χ2v) is 9.88. The zero-order valence-corrected chi connectivity index (χ0v) is 20.9. The minimum atomic E-state index is 0.103. The summed E-state index contributed by atoms with van der Waals surface area (Å²) in [6.45, 7) is 18.2. The second kappa shape index (κ2) is 9.13. The van der Waals surface area contributed by atoms with Crippen LogP contribution in [0.2, 0.25) is 0 Å². The predicted molar refractivity (Wildman–Crippen MR) is 128 cm³/mol. The fourth-order valence-corrected chi connectivity index (χ4v) is 6.68. The van der Waals surface area contributed by atoms with E-state index in [2.05, 4.69) is 55.4 Å². The van der Waals surface area contributed by atoms with Crippen molar-refractivity contribution in [1.29, 1.82) is 0 Å². The summed E-state index contributed by atoms with van der Waals surface area (Å²) in [5.41, 5.74) is 12.0. The molecule has 0 nitrogen and oxygen atoms in total. The molecule has 0 bridgehead atoms. The van der Waals surface area contributed by atoms with E-state index in [1.54, 1.807) is 0 Å². The molecule has 0 amide bonds. The molecule has 0 fully saturated rings. The Morgan fingerprint density at radius 2 is 0.714 bits per heavy atom. The average molecular weight is 424 g/mol. The van der Waals surface area contributed by atoms with E-state index in [0.29, 0.717) is 11.8 Å². The number of hydrogen-bond donors (Lipinski definition) is 0. The van der Waals surface area contributed by atoms with E-state index < -0.39 is 0 Å². The third-order valence-electron chi connectivity index (χ3n) is 8.66. The first-order chi connectivity index (χ1) is 13.1. The number of rotatable bonds is 9. The lowest BCUT2D eigenvalue weighted by atomic mass is 9.74. The van der Waals surface area contributed by atoms with Crippen LogP contribution in [0.4, 0.5) is 0 Å². The summed E-state index contributed by atoms with van der Waals surface area (Å²) < 4.78 is 0. The van der Waals surface area contributed by atoms with E-state index in [1.165, 1.54) is 83.1 Å². The lowest BCUT2D eigenvalue weighted by Gasteiger charge is -2.32. The maximum atomic E-state index is 6.51. The van der Waals surface area contributed by atoms with E-state index in [-0.39, 0.29) is 10.8 Å². The highest BCUT2D eigenvalue weighted by Crippen LogP contribution is 2.52. The summed E-state index contributed by atoms with van der Waals surface area (Å²) in [7, 11) is 0. The van der Waals surface area contributed by atoms with Gasteiger partial charge in [0.2, 0.25) is 0 Å². The molecule has 0 unspecified atom stereocenters. The van der Waals surface area contributed by atoms with Crippen molar-refractivity contribution in [2.45, 2.75) is 93.9 Å². The smallest absolute Gasteiger partial charge is 0.0355 e. The molecule has 0 aromatic rings. The number of halogens is 2. The van der Waals surface area contributed by atoms with Gasteiger partial charge in [0.25, 0.3) is 0 Å². The molecule has 0 aromatic heterocycles. The third kappa shape index (κ3) is 3.69. The first-order valence-electron chi connectivity index (χ1n) is 10.9. The predicted octanol–water partition coefficient (Wildman–Crippen LogP) is 9.15. The van der Waals surface area contributed by atoms with E-state index in [9.17, 15) is 0 Å². The van der Waals surface area contributed by atoms with Crippen LogP contribution < -0.4 is 0 Å². The van der Waals surface area contributed by atoms with Gasteiger partial charge in [0.05, 0.1) is 0 Å². The Hall–Kier alpha value is -0.460. The van der Waals surface area contributed by atoms with Gasteiger partial charge in [-0.1, -0.05) is 48.0 Å². The molecule has 0 radical (unpaired) electrons. The van der Waals surface area contributed by atoms with Gasteiger partial charge in [0.1, 0.15) is 0 Å². The molecule has 2 heteroatoms. The zero-order chi connectivity index (χ0) is 21.3. The van der Waals surface area contributed by atoms with Crippen molar-refractivity contribution in [3.63, 3.8) is 0 Å². The highest BCUT2D eigenvalue weighted by molar-refractivity contribution is 6.19. The molecule has 0 aromatic carbocycles. The first kappa shape index (κ1) is 23.8. The molecular formula is C26H40Cl2. The van der Waals surface area contributed by atoms with Gasteiger partial charge in [-0.2, -0.15) is 0 Å². The SMILES string of the molecule is CC1=C(C)C(CCl)(CCCCCCC2(CCl)C(C)=C(C)C(C)=C2C)C(C)=C1C. The monoisotopic (exact) mass is 422 g/mol. The highest BCUT2D eigenvalue weighted by Gasteiger charge is 2.40. The second-order valence-electron chi connectivity index (χ2n) is 9.35. The number of allylic oxidation sites excluding steroid dienone is 8. The van der Waals surface area contributed by atoms with Crippen molar-refractivity contribution in [3.05, 3.63) is 44.6 Å². The van der Waals surface area contributed by atoms with Crippen molar-refractivity contribution in [2.24, 2.45) is 10.8 Å². The van der Waals surface area contributed by atoms with Crippen molar-refractivity contribution in [1.82, 2.24) is 0 Å². The van der Waals surface area contributed by atoms with Crippen LogP contribution in [0.15, 0.2) is 44.6 Å². The van der Waals surface area contributed by atoms with Gasteiger partial charge in [-0.25, -0.2) is 0 Å². The summed E-state index contributed by atoms with van der Waals surface area (Å²) >= 11 is 13.0. The number of alkyl halides is 2. The molecule has 0 saturated carbocycles. The van der Waals surface area contributed by atoms with Crippen LogP contribution in [-0.2, 0) is 0 Å². The lowest BCUT2D eigenvalue weighted by Crippen LogP contribution is -2.25. The number of unbranched alkanes of at least 4 members (excludes halogenated alkanes) is 3. The topological polar surface area (TPSA) is 0 Å². The molecule has 0 saturated heterocycles. The van der Waals surface area contributed by atoms with E-state index in [4.69, 9.17) is 23.2 Å². The molecule has 2 aliphatic carbocycles. The average Bonchev–Trinajstić information content (AvgIpc) is 2.96. The zero-order valence-electron chi connectivity index (χ0n) is 19.4. The Morgan fingerprint density at radius 3 is 0.929 bits per heavy atom. The Kier molecular flexibility index (Phi) is 7.77. The fourth-order valence-electron chi connectivity index (χ4n) is 5.61. The molecule has 0 heterocycles. The molecule has 0 spiro atoms. The van der Waals surface area contributed by atoms with Crippen LogP contribution >= 0.6 is 23.2 Å². The Balaban J connectivity index is 1.91. The van der Waals surface area contributed by atoms with Crippen molar-refractivity contribution in [3.8, 4) is 0 Å². The summed E-state index contributed by atoms with van der Waals surface area (Å²) in [4.78, 5) is 0. The maximum Gasteiger partial charge on any atom is 0.0355 e. The van der Waals surface area contributed by atoms with Crippen LogP contribution in [0.1, 0.15) is 93.9 Å². The van der Waals surface area contributed by atoms with Gasteiger partial charge < -0.3 is 0 Å². The van der Waals surface area contributed by atoms with Gasteiger partial charge in [-0.3, -0.25) is 0 Å². The summed E-state index contributed by atoms with van der Waals surface area (Å²) in [6, 6.07) is 0. The molecule has 0 N–H and O–H groups in total. The molecule has 2 aliphatic rings. The Labute approximate surface area is 184 Å². The van der Waals surface area contributed by atoms with Gasteiger partial charge in [0.15, 0.2) is 0 Å². The molecule has 158 valence electrons. The third-order valence-corrected chi connectivity index (χ3v) is 9.57. The standard InChI is InChI=1S/C26H40Cl2/c1-17-18(2)22(6)25(15-27,21(17)5)13-11-9-10-12-14-26(16-28)23(7)19(3)20(4)24(26)8/h9-16H2,1-8H3. The van der Waals surface area contributed by atoms with Crippen LogP contribution in [0.5, 0.6) is 0 Å². The van der Waals surface area contributed by atoms with Crippen LogP contribution in [-0.4, -0.2) is 11.8 Å². The fraction of sp³-hybridized carbons (Fsp3) is 0.692. The molecular weight excluding hydrogens is 383 g/mol.